The van der Waals surface area contributed by atoms with Crippen LogP contribution in [0.1, 0.15) is 24.4 Å². The van der Waals surface area contributed by atoms with Gasteiger partial charge >= 0.3 is 0 Å². The van der Waals surface area contributed by atoms with Crippen LogP contribution in [0.4, 0.5) is 5.95 Å². The van der Waals surface area contributed by atoms with E-state index in [1.807, 2.05) is 30.3 Å². The number of carbonyl (C=O) groups excluding carboxylic acids is 1. The summed E-state index contributed by atoms with van der Waals surface area (Å²) < 4.78 is 13.5. The molecular formula is C23H21N7O4. The van der Waals surface area contributed by atoms with Crippen molar-refractivity contribution in [3.8, 4) is 11.6 Å². The van der Waals surface area contributed by atoms with Gasteiger partial charge in [-0.25, -0.2) is 9.67 Å². The molecule has 34 heavy (non-hydrogen) atoms. The lowest BCUT2D eigenvalue weighted by molar-refractivity contribution is -0.182. The number of hydrogen-bond acceptors (Lipinski definition) is 9. The molecule has 1 aliphatic rings. The Hall–Kier alpha value is -4.09. The van der Waals surface area contributed by atoms with E-state index >= 15 is 0 Å². The topological polar surface area (TPSA) is 147 Å². The highest BCUT2D eigenvalue weighted by Gasteiger charge is 2.37. The van der Waals surface area contributed by atoms with E-state index in [4.69, 9.17) is 14.9 Å². The molecule has 1 saturated heterocycles. The average Bonchev–Trinajstić information content (AvgIpc) is 3.57. The third kappa shape index (κ3) is 3.33. The van der Waals surface area contributed by atoms with E-state index in [9.17, 15) is 9.90 Å². The maximum atomic E-state index is 13.5. The van der Waals surface area contributed by atoms with Gasteiger partial charge in [-0.3, -0.25) is 4.79 Å². The molecule has 3 N–H and O–H groups in total. The molecule has 0 radical (unpaired) electrons. The summed E-state index contributed by atoms with van der Waals surface area (Å²) in [5, 5.41) is 19.9. The molecule has 0 amide bonds. The summed E-state index contributed by atoms with van der Waals surface area (Å²) >= 11 is 0. The van der Waals surface area contributed by atoms with Crippen LogP contribution in [0, 0.1) is 0 Å². The molecule has 6 rings (SSSR count). The zero-order valence-corrected chi connectivity index (χ0v) is 18.0. The van der Waals surface area contributed by atoms with E-state index in [-0.39, 0.29) is 31.4 Å². The zero-order valence-electron chi connectivity index (χ0n) is 18.0. The van der Waals surface area contributed by atoms with Crippen molar-refractivity contribution >= 4 is 28.4 Å². The van der Waals surface area contributed by atoms with Crippen molar-refractivity contribution in [2.24, 2.45) is 0 Å². The Morgan fingerprint density at radius 2 is 1.97 bits per heavy atom. The number of ketones is 1. The second-order valence-electron chi connectivity index (χ2n) is 8.44. The van der Waals surface area contributed by atoms with Crippen molar-refractivity contribution in [3.63, 3.8) is 0 Å². The number of nitrogens with zero attached hydrogens (tertiary/aromatic N) is 6. The number of Topliss-reactive ketones (excluding diaryl/α,β-unsaturated/α-hetero) is 1. The Balaban J connectivity index is 1.45. The molecule has 11 heteroatoms. The van der Waals surface area contributed by atoms with Gasteiger partial charge in [0.1, 0.15) is 11.6 Å². The van der Waals surface area contributed by atoms with E-state index < -0.39 is 11.6 Å². The first-order chi connectivity index (χ1) is 16.5. The lowest BCUT2D eigenvalue weighted by Gasteiger charge is -2.36. The first-order valence-electron chi connectivity index (χ1n) is 10.8. The van der Waals surface area contributed by atoms with Crippen molar-refractivity contribution in [3.05, 3.63) is 60.5 Å². The predicted molar refractivity (Wildman–Crippen MR) is 121 cm³/mol. The molecule has 5 heterocycles. The normalized spacial score (nSPS) is 16.0. The molecule has 0 aliphatic carbocycles. The van der Waals surface area contributed by atoms with E-state index in [0.29, 0.717) is 34.7 Å². The first-order valence-corrected chi connectivity index (χ1v) is 10.8. The quantitative estimate of drug-likeness (QED) is 0.373. The molecule has 1 aromatic carbocycles. The van der Waals surface area contributed by atoms with Gasteiger partial charge in [-0.05, 0) is 24.1 Å². The van der Waals surface area contributed by atoms with Crippen LogP contribution in [-0.2, 0) is 9.53 Å². The number of benzene rings is 1. The smallest absolute Gasteiger partial charge is 0.225 e. The molecule has 1 atom stereocenters. The van der Waals surface area contributed by atoms with E-state index in [0.717, 1.165) is 5.56 Å². The molecule has 0 saturated carbocycles. The number of fused-ring (bicyclic) bond motifs is 3. The SMILES string of the molecule is Nc1nc2c(cnn2[C@@H](C(=O)CCC2(O)COC2)c2ccccc2)c2nc(-c3ccco3)nn12. The van der Waals surface area contributed by atoms with Crippen molar-refractivity contribution in [1.29, 1.82) is 0 Å². The number of anilines is 1. The van der Waals surface area contributed by atoms with Gasteiger partial charge in [0.2, 0.25) is 11.8 Å². The Labute approximate surface area is 192 Å². The highest BCUT2D eigenvalue weighted by Crippen LogP contribution is 2.30. The van der Waals surface area contributed by atoms with Crippen LogP contribution in [0.25, 0.3) is 28.3 Å². The summed E-state index contributed by atoms with van der Waals surface area (Å²) in [5.41, 5.74) is 6.89. The number of aliphatic hydroxyl groups is 1. The van der Waals surface area contributed by atoms with Crippen molar-refractivity contribution < 1.29 is 19.1 Å². The highest BCUT2D eigenvalue weighted by atomic mass is 16.5. The molecule has 0 bridgehead atoms. The molecule has 172 valence electrons. The first kappa shape index (κ1) is 20.5. The molecule has 0 spiro atoms. The Morgan fingerprint density at radius 3 is 2.68 bits per heavy atom. The van der Waals surface area contributed by atoms with Gasteiger partial charge in [-0.15, -0.1) is 5.10 Å². The van der Waals surface area contributed by atoms with Gasteiger partial charge in [0, 0.05) is 6.42 Å². The minimum Gasteiger partial charge on any atom is -0.461 e. The third-order valence-corrected chi connectivity index (χ3v) is 6.04. The van der Waals surface area contributed by atoms with Crippen molar-refractivity contribution in [2.75, 3.05) is 18.9 Å². The van der Waals surface area contributed by atoms with Crippen LogP contribution in [-0.4, -0.2) is 59.1 Å². The van der Waals surface area contributed by atoms with E-state index in [1.165, 1.54) is 4.52 Å². The Kier molecular flexibility index (Phi) is 4.67. The number of ether oxygens (including phenoxy) is 1. The minimum absolute atomic E-state index is 0.102. The van der Waals surface area contributed by atoms with E-state index in [1.54, 1.807) is 29.3 Å². The molecule has 1 aliphatic heterocycles. The number of hydrogen-bond donors (Lipinski definition) is 2. The van der Waals surface area contributed by atoms with Gasteiger partial charge in [-0.1, -0.05) is 30.3 Å². The largest absolute Gasteiger partial charge is 0.461 e. The van der Waals surface area contributed by atoms with Crippen LogP contribution in [0.2, 0.25) is 0 Å². The number of carbonyl (C=O) groups is 1. The number of aromatic nitrogens is 6. The van der Waals surface area contributed by atoms with Gasteiger partial charge in [-0.2, -0.15) is 14.6 Å². The minimum atomic E-state index is -0.957. The van der Waals surface area contributed by atoms with Crippen LogP contribution in [0.15, 0.2) is 59.3 Å². The summed E-state index contributed by atoms with van der Waals surface area (Å²) in [4.78, 5) is 22.5. The summed E-state index contributed by atoms with van der Waals surface area (Å²) in [7, 11) is 0. The second-order valence-corrected chi connectivity index (χ2v) is 8.44. The summed E-state index contributed by atoms with van der Waals surface area (Å²) in [6.45, 7) is 0.476. The van der Waals surface area contributed by atoms with Crippen molar-refractivity contribution in [2.45, 2.75) is 24.5 Å². The fourth-order valence-electron chi connectivity index (χ4n) is 4.20. The molecule has 5 aromatic rings. The monoisotopic (exact) mass is 459 g/mol. The van der Waals surface area contributed by atoms with Gasteiger partial charge in [0.05, 0.1) is 31.1 Å². The molecule has 1 fully saturated rings. The van der Waals surface area contributed by atoms with Crippen molar-refractivity contribution in [1.82, 2.24) is 29.4 Å². The second kappa shape index (κ2) is 7.75. The summed E-state index contributed by atoms with van der Waals surface area (Å²) in [6.07, 6.45) is 3.61. The standard InChI is InChI=1S/C23H21N7O4/c24-22-27-21-15(20-26-19(28-30(20)22)17-7-4-10-34-17)11-25-29(21)18(14-5-2-1-3-6-14)16(31)8-9-23(32)12-33-13-23/h1-7,10-11,18,32H,8-9,12-13H2,(H2,24,27)/t18-/m1/s1. The summed E-state index contributed by atoms with van der Waals surface area (Å²) in [6, 6.07) is 12.1. The number of nitrogens with two attached hydrogens (primary N) is 1. The van der Waals surface area contributed by atoms with Gasteiger partial charge in [0.25, 0.3) is 0 Å². The van der Waals surface area contributed by atoms with Gasteiger partial charge in [0.15, 0.2) is 22.8 Å². The number of rotatable bonds is 7. The lowest BCUT2D eigenvalue weighted by Crippen LogP contribution is -2.49. The van der Waals surface area contributed by atoms with Crippen LogP contribution >= 0.6 is 0 Å². The number of nitrogen functional groups attached to an aromatic ring is 1. The highest BCUT2D eigenvalue weighted by molar-refractivity contribution is 5.93. The van der Waals surface area contributed by atoms with Crippen LogP contribution < -0.4 is 5.73 Å². The maximum Gasteiger partial charge on any atom is 0.225 e. The third-order valence-electron chi connectivity index (χ3n) is 6.04. The molecule has 4 aromatic heterocycles. The average molecular weight is 459 g/mol. The van der Waals surface area contributed by atoms with Crippen LogP contribution in [0.5, 0.6) is 0 Å². The van der Waals surface area contributed by atoms with Crippen LogP contribution in [0.3, 0.4) is 0 Å². The lowest BCUT2D eigenvalue weighted by atomic mass is 9.91. The maximum absolute atomic E-state index is 13.5. The summed E-state index contributed by atoms with van der Waals surface area (Å²) in [5.74, 6) is 0.869. The molecule has 11 nitrogen and oxygen atoms in total. The number of furan rings is 1. The Morgan fingerprint density at radius 1 is 1.15 bits per heavy atom. The fraction of sp³-hybridized carbons (Fsp3) is 0.261. The molecule has 0 unspecified atom stereocenters. The predicted octanol–water partition coefficient (Wildman–Crippen LogP) is 2.02. The molecular weight excluding hydrogens is 438 g/mol. The van der Waals surface area contributed by atoms with E-state index in [2.05, 4.69) is 20.2 Å². The van der Waals surface area contributed by atoms with Gasteiger partial charge < -0.3 is 20.0 Å². The zero-order chi connectivity index (χ0) is 23.3. The fourth-order valence-corrected chi connectivity index (χ4v) is 4.20. The Bertz CT molecular complexity index is 1490.